The van der Waals surface area contributed by atoms with Gasteiger partial charge in [-0.2, -0.15) is 5.10 Å². The van der Waals surface area contributed by atoms with Crippen LogP contribution in [0.1, 0.15) is 65.7 Å². The van der Waals surface area contributed by atoms with Crippen LogP contribution in [0.3, 0.4) is 0 Å². The Labute approximate surface area is 234 Å². The lowest BCUT2D eigenvalue weighted by Gasteiger charge is -2.29. The summed E-state index contributed by atoms with van der Waals surface area (Å²) in [5.74, 6) is 0.932. The van der Waals surface area contributed by atoms with Crippen molar-refractivity contribution in [3.8, 4) is 0 Å². The van der Waals surface area contributed by atoms with Gasteiger partial charge >= 0.3 is 0 Å². The van der Waals surface area contributed by atoms with Crippen molar-refractivity contribution in [2.75, 3.05) is 18.4 Å². The number of furan rings is 1. The summed E-state index contributed by atoms with van der Waals surface area (Å²) in [6.45, 7) is 9.22. The molecule has 0 atom stereocenters. The third-order valence-electron chi connectivity index (χ3n) is 6.96. The number of aliphatic hydroxyl groups excluding tert-OH is 1. The molecule has 5 rings (SSSR count). The van der Waals surface area contributed by atoms with Crippen molar-refractivity contribution < 1.29 is 14.3 Å². The van der Waals surface area contributed by atoms with Gasteiger partial charge in [0, 0.05) is 52.9 Å². The van der Waals surface area contributed by atoms with E-state index < -0.39 is 0 Å². The molecular weight excluding hydrogens is 523 g/mol. The number of likely N-dealkylation sites (tertiary alicyclic amines) is 1. The Kier molecular flexibility index (Phi) is 8.83. The van der Waals surface area contributed by atoms with E-state index in [4.69, 9.17) is 16.0 Å². The number of benzene rings is 2. The third-order valence-corrected chi connectivity index (χ3v) is 7.17. The quantitative estimate of drug-likeness (QED) is 0.275. The first-order valence-corrected chi connectivity index (χ1v) is 13.2. The molecule has 4 aromatic rings. The van der Waals surface area contributed by atoms with Gasteiger partial charge in [0.25, 0.3) is 5.91 Å². The zero-order valence-corrected chi connectivity index (χ0v) is 23.5. The Bertz CT molecular complexity index is 1400. The van der Waals surface area contributed by atoms with Gasteiger partial charge in [0.05, 0.1) is 12.6 Å². The molecule has 38 heavy (non-hydrogen) atoms. The summed E-state index contributed by atoms with van der Waals surface area (Å²) < 4.78 is 7.93. The summed E-state index contributed by atoms with van der Waals surface area (Å²) in [5, 5.41) is 18.8. The normalized spacial score (nSPS) is 14.7. The van der Waals surface area contributed by atoms with Crippen molar-refractivity contribution in [3.05, 3.63) is 81.8 Å². The van der Waals surface area contributed by atoms with Crippen LogP contribution in [0.5, 0.6) is 0 Å². The number of hydrogen-bond donors (Lipinski definition) is 2. The van der Waals surface area contributed by atoms with Crippen molar-refractivity contribution in [2.24, 2.45) is 0 Å². The molecule has 2 aromatic carbocycles. The smallest absolute Gasteiger partial charge is 0.276 e. The fourth-order valence-electron chi connectivity index (χ4n) is 4.77. The minimum atomic E-state index is -0.254. The zero-order valence-electron chi connectivity index (χ0n) is 21.9. The highest BCUT2D eigenvalue weighted by Crippen LogP contribution is 2.31. The summed E-state index contributed by atoms with van der Waals surface area (Å²) in [6, 6.07) is 15.5. The van der Waals surface area contributed by atoms with Crippen molar-refractivity contribution in [1.82, 2.24) is 14.7 Å². The number of carbonyl (C=O) groups is 1. The monoisotopic (exact) mass is 556 g/mol. The highest BCUT2D eigenvalue weighted by molar-refractivity contribution is 6.31. The number of halogens is 2. The number of amides is 1. The average molecular weight is 558 g/mol. The van der Waals surface area contributed by atoms with Crippen LogP contribution in [0.4, 0.5) is 5.69 Å². The van der Waals surface area contributed by atoms with Gasteiger partial charge < -0.3 is 14.8 Å². The molecular formula is C29H34Cl2N4O3. The Morgan fingerprint density at radius 2 is 1.84 bits per heavy atom. The fraction of sp³-hybridized carbons (Fsp3) is 0.379. The molecule has 0 saturated carbocycles. The van der Waals surface area contributed by atoms with Crippen LogP contribution in [-0.2, 0) is 13.1 Å². The Morgan fingerprint density at radius 1 is 1.13 bits per heavy atom. The van der Waals surface area contributed by atoms with Crippen LogP contribution in [-0.4, -0.2) is 44.9 Å². The van der Waals surface area contributed by atoms with Gasteiger partial charge in [0.2, 0.25) is 0 Å². The van der Waals surface area contributed by atoms with Gasteiger partial charge in [-0.25, -0.2) is 0 Å². The number of fused-ring (bicyclic) bond motifs is 1. The van der Waals surface area contributed by atoms with Crippen LogP contribution in [0, 0.1) is 6.92 Å². The summed E-state index contributed by atoms with van der Waals surface area (Å²) in [7, 11) is 0. The highest BCUT2D eigenvalue weighted by atomic mass is 35.5. The number of piperidine rings is 1. The first-order valence-electron chi connectivity index (χ1n) is 12.8. The molecule has 1 aliphatic heterocycles. The number of carbonyl (C=O) groups excluding carboxylic acids is 1. The fourth-order valence-corrected chi connectivity index (χ4v) is 5.02. The first kappa shape index (κ1) is 28.2. The standard InChI is InChI=1S/C29H33ClN4O3.ClH/c1-18(2)27-15-21-13-23(30)14-22(28(21)37-27)17-34-19(3)12-26(32-34)29(36)31-24-6-4-20(5-7-24)16-33-10-8-25(35)9-11-33;/h4-7,12-15,18,25,35H,8-11,16-17H2,1-3H3,(H,31,36);1H. The Balaban J connectivity index is 0.00000336. The summed E-state index contributed by atoms with van der Waals surface area (Å²) in [6.07, 6.45) is 1.47. The topological polar surface area (TPSA) is 83.5 Å². The molecule has 1 aliphatic rings. The maximum absolute atomic E-state index is 13.0. The van der Waals surface area contributed by atoms with Gasteiger partial charge in [0.1, 0.15) is 11.3 Å². The molecule has 0 bridgehead atoms. The van der Waals surface area contributed by atoms with Gasteiger partial charge in [-0.05, 0) is 61.7 Å². The molecule has 3 heterocycles. The largest absolute Gasteiger partial charge is 0.460 e. The van der Waals surface area contributed by atoms with E-state index in [0.717, 1.165) is 66.2 Å². The number of rotatable bonds is 7. The number of aryl methyl sites for hydroxylation is 1. The molecule has 0 radical (unpaired) electrons. The summed E-state index contributed by atoms with van der Waals surface area (Å²) in [4.78, 5) is 15.3. The Morgan fingerprint density at radius 3 is 2.53 bits per heavy atom. The number of nitrogens with zero attached hydrogens (tertiary/aromatic N) is 3. The minimum absolute atomic E-state index is 0. The van der Waals surface area contributed by atoms with Crippen molar-refractivity contribution in [1.29, 1.82) is 0 Å². The molecule has 0 unspecified atom stereocenters. The lowest BCUT2D eigenvalue weighted by Crippen LogP contribution is -2.35. The first-order chi connectivity index (χ1) is 17.7. The lowest BCUT2D eigenvalue weighted by molar-refractivity contribution is 0.0792. The van der Waals surface area contributed by atoms with E-state index in [2.05, 4.69) is 29.2 Å². The van der Waals surface area contributed by atoms with Crippen molar-refractivity contribution >= 4 is 46.6 Å². The van der Waals surface area contributed by atoms with E-state index in [-0.39, 0.29) is 30.3 Å². The SMILES string of the molecule is Cc1cc(C(=O)Nc2ccc(CN3CCC(O)CC3)cc2)nn1Cc1cc(Cl)cc2cc(C(C)C)oc12.Cl. The van der Waals surface area contributed by atoms with E-state index in [1.165, 1.54) is 5.56 Å². The molecule has 2 N–H and O–H groups in total. The number of aromatic nitrogens is 2. The second kappa shape index (κ2) is 11.9. The number of nitrogens with one attached hydrogen (secondary N) is 1. The van der Waals surface area contributed by atoms with Crippen LogP contribution < -0.4 is 5.32 Å². The molecule has 202 valence electrons. The van der Waals surface area contributed by atoms with Gasteiger partial charge in [0.15, 0.2) is 5.69 Å². The second-order valence-corrected chi connectivity index (χ2v) is 10.7. The molecule has 0 spiro atoms. The molecule has 1 saturated heterocycles. The maximum Gasteiger partial charge on any atom is 0.276 e. The molecule has 7 nitrogen and oxygen atoms in total. The van der Waals surface area contributed by atoms with Crippen molar-refractivity contribution in [3.63, 3.8) is 0 Å². The van der Waals surface area contributed by atoms with E-state index in [0.29, 0.717) is 17.3 Å². The van der Waals surface area contributed by atoms with Crippen LogP contribution in [0.25, 0.3) is 11.0 Å². The van der Waals surface area contributed by atoms with Crippen LogP contribution in [0.15, 0.2) is 52.9 Å². The molecule has 9 heteroatoms. The van der Waals surface area contributed by atoms with Gasteiger partial charge in [-0.3, -0.25) is 14.4 Å². The maximum atomic E-state index is 13.0. The molecule has 0 aliphatic carbocycles. The van der Waals surface area contributed by atoms with E-state index >= 15 is 0 Å². The lowest BCUT2D eigenvalue weighted by atomic mass is 10.1. The highest BCUT2D eigenvalue weighted by Gasteiger charge is 2.18. The van der Waals surface area contributed by atoms with Crippen LogP contribution >= 0.6 is 24.0 Å². The number of hydrogen-bond acceptors (Lipinski definition) is 5. The van der Waals surface area contributed by atoms with Crippen LogP contribution in [0.2, 0.25) is 5.02 Å². The predicted molar refractivity (Wildman–Crippen MR) is 154 cm³/mol. The number of anilines is 1. The predicted octanol–water partition coefficient (Wildman–Crippen LogP) is 6.39. The number of aliphatic hydroxyl groups is 1. The zero-order chi connectivity index (χ0) is 26.1. The average Bonchev–Trinajstić information content (AvgIpc) is 3.46. The van der Waals surface area contributed by atoms with E-state index in [1.807, 2.05) is 49.4 Å². The Hall–Kier alpha value is -2.84. The summed E-state index contributed by atoms with van der Waals surface area (Å²) >= 11 is 6.39. The molecule has 1 fully saturated rings. The van der Waals surface area contributed by atoms with E-state index in [1.54, 1.807) is 10.7 Å². The second-order valence-electron chi connectivity index (χ2n) is 10.3. The van der Waals surface area contributed by atoms with Crippen molar-refractivity contribution in [2.45, 2.75) is 58.7 Å². The summed E-state index contributed by atoms with van der Waals surface area (Å²) in [5.41, 5.74) is 4.86. The molecule has 1 amide bonds. The van der Waals surface area contributed by atoms with E-state index in [9.17, 15) is 9.90 Å². The van der Waals surface area contributed by atoms with Gasteiger partial charge in [-0.1, -0.05) is 37.6 Å². The third kappa shape index (κ3) is 6.41. The van der Waals surface area contributed by atoms with Gasteiger partial charge in [-0.15, -0.1) is 12.4 Å². The molecule has 2 aromatic heterocycles. The minimum Gasteiger partial charge on any atom is -0.460 e.